The van der Waals surface area contributed by atoms with Gasteiger partial charge in [0, 0.05) is 43.6 Å². The number of nitrogens with zero attached hydrogens (tertiary/aromatic N) is 5. The molecule has 3 aromatic heterocycles. The summed E-state index contributed by atoms with van der Waals surface area (Å²) in [7, 11) is 5.33. The second kappa shape index (κ2) is 6.88. The van der Waals surface area contributed by atoms with Crippen LogP contribution < -0.4 is 4.74 Å². The Kier molecular flexibility index (Phi) is 4.41. The maximum atomic E-state index is 12.9. The van der Waals surface area contributed by atoms with Gasteiger partial charge in [-0.15, -0.1) is 11.3 Å². The third-order valence-corrected chi connectivity index (χ3v) is 5.30. The number of carbonyl (C=O) groups is 1. The Bertz CT molecular complexity index is 1110. The van der Waals surface area contributed by atoms with Crippen molar-refractivity contribution in [3.05, 3.63) is 59.8 Å². The zero-order valence-corrected chi connectivity index (χ0v) is 16.1. The number of carbonyl (C=O) groups excluding carboxylic acids is 1. The van der Waals surface area contributed by atoms with E-state index in [1.807, 2.05) is 58.1 Å². The number of ether oxygens (including phenoxy) is 1. The molecule has 27 heavy (non-hydrogen) atoms. The molecule has 0 N–H and O–H groups in total. The summed E-state index contributed by atoms with van der Waals surface area (Å²) in [4.78, 5) is 24.3. The monoisotopic (exact) mass is 381 g/mol. The van der Waals surface area contributed by atoms with E-state index >= 15 is 0 Å². The summed E-state index contributed by atoms with van der Waals surface area (Å²) < 4.78 is 9.17. The van der Waals surface area contributed by atoms with Crippen LogP contribution in [0, 0.1) is 0 Å². The topological polar surface area (TPSA) is 64.7 Å². The van der Waals surface area contributed by atoms with Gasteiger partial charge in [0.25, 0.3) is 5.91 Å². The van der Waals surface area contributed by atoms with Gasteiger partial charge < -0.3 is 14.2 Å². The van der Waals surface area contributed by atoms with Gasteiger partial charge in [-0.25, -0.2) is 9.97 Å². The molecule has 4 rings (SSSR count). The quantitative estimate of drug-likeness (QED) is 0.533. The summed E-state index contributed by atoms with van der Waals surface area (Å²) in [5, 5.41) is 1.84. The normalized spacial score (nSPS) is 11.1. The predicted octanol–water partition coefficient (Wildman–Crippen LogP) is 3.08. The van der Waals surface area contributed by atoms with Crippen LogP contribution in [-0.4, -0.2) is 43.9 Å². The predicted molar refractivity (Wildman–Crippen MR) is 104 cm³/mol. The first-order chi connectivity index (χ1) is 13.1. The Hall–Kier alpha value is -3.13. The Morgan fingerprint density at radius 1 is 1.33 bits per heavy atom. The summed E-state index contributed by atoms with van der Waals surface area (Å²) in [6.45, 7) is 0.438. The molecule has 4 aromatic rings. The second-order valence-electron chi connectivity index (χ2n) is 6.22. The Labute approximate surface area is 160 Å². The van der Waals surface area contributed by atoms with Crippen LogP contribution in [0.5, 0.6) is 5.75 Å². The number of aromatic nitrogens is 4. The average Bonchev–Trinajstić information content (AvgIpc) is 3.37. The Morgan fingerprint density at radius 2 is 2.15 bits per heavy atom. The summed E-state index contributed by atoms with van der Waals surface area (Å²) in [6, 6.07) is 7.72. The first-order valence-corrected chi connectivity index (χ1v) is 9.28. The minimum Gasteiger partial charge on any atom is -0.496 e. The lowest BCUT2D eigenvalue weighted by Crippen LogP contribution is -2.28. The number of benzene rings is 1. The van der Waals surface area contributed by atoms with E-state index in [1.54, 1.807) is 25.3 Å². The molecule has 0 aliphatic heterocycles. The number of amides is 1. The lowest BCUT2D eigenvalue weighted by atomic mass is 10.1. The van der Waals surface area contributed by atoms with Crippen LogP contribution in [0.15, 0.2) is 48.2 Å². The van der Waals surface area contributed by atoms with E-state index in [0.29, 0.717) is 12.2 Å². The van der Waals surface area contributed by atoms with Gasteiger partial charge in [0.15, 0.2) is 4.96 Å². The molecule has 0 atom stereocenters. The molecular weight excluding hydrogens is 362 g/mol. The molecule has 0 unspecified atom stereocenters. The smallest absolute Gasteiger partial charge is 0.271 e. The van der Waals surface area contributed by atoms with Crippen LogP contribution in [0.2, 0.25) is 0 Å². The van der Waals surface area contributed by atoms with Gasteiger partial charge in [-0.05, 0) is 12.1 Å². The molecule has 0 bridgehead atoms. The van der Waals surface area contributed by atoms with Crippen molar-refractivity contribution in [2.75, 3.05) is 14.2 Å². The van der Waals surface area contributed by atoms with Crippen LogP contribution in [0.3, 0.4) is 0 Å². The number of aryl methyl sites for hydroxylation is 1. The molecule has 8 heteroatoms. The third kappa shape index (κ3) is 3.08. The highest BCUT2D eigenvalue weighted by Crippen LogP contribution is 2.30. The summed E-state index contributed by atoms with van der Waals surface area (Å²) in [5.41, 5.74) is 2.26. The highest BCUT2D eigenvalue weighted by Gasteiger charge is 2.20. The third-order valence-electron chi connectivity index (χ3n) is 4.46. The first-order valence-electron chi connectivity index (χ1n) is 8.40. The van der Waals surface area contributed by atoms with Crippen LogP contribution >= 0.6 is 11.3 Å². The molecule has 0 fully saturated rings. The minimum atomic E-state index is -0.0757. The molecule has 1 aromatic carbocycles. The van der Waals surface area contributed by atoms with Crippen LogP contribution in [0.25, 0.3) is 16.2 Å². The molecule has 3 heterocycles. The summed E-state index contributed by atoms with van der Waals surface area (Å²) in [6.07, 6.45) is 5.48. The fourth-order valence-electron chi connectivity index (χ4n) is 2.95. The fourth-order valence-corrected chi connectivity index (χ4v) is 3.80. The second-order valence-corrected chi connectivity index (χ2v) is 7.05. The van der Waals surface area contributed by atoms with Crippen molar-refractivity contribution in [1.29, 1.82) is 0 Å². The van der Waals surface area contributed by atoms with E-state index in [4.69, 9.17) is 4.74 Å². The Morgan fingerprint density at radius 3 is 2.89 bits per heavy atom. The maximum absolute atomic E-state index is 12.9. The largest absolute Gasteiger partial charge is 0.496 e. The van der Waals surface area contributed by atoms with Crippen molar-refractivity contribution in [2.45, 2.75) is 6.54 Å². The summed E-state index contributed by atoms with van der Waals surface area (Å²) >= 11 is 1.44. The van der Waals surface area contributed by atoms with Crippen LogP contribution in [0.1, 0.15) is 16.3 Å². The van der Waals surface area contributed by atoms with Gasteiger partial charge in [0.2, 0.25) is 0 Å². The molecule has 138 valence electrons. The number of hydrogen-bond acceptors (Lipinski definition) is 5. The fraction of sp³-hybridized carbons (Fsp3) is 0.211. The number of fused-ring (bicyclic) bond motifs is 1. The highest BCUT2D eigenvalue weighted by atomic mass is 32.1. The van der Waals surface area contributed by atoms with E-state index < -0.39 is 0 Å². The van der Waals surface area contributed by atoms with Gasteiger partial charge in [0.05, 0.1) is 19.3 Å². The molecule has 0 radical (unpaired) electrons. The summed E-state index contributed by atoms with van der Waals surface area (Å²) in [5.74, 6) is 1.51. The lowest BCUT2D eigenvalue weighted by Gasteiger charge is -2.16. The van der Waals surface area contributed by atoms with Crippen molar-refractivity contribution >= 4 is 22.2 Å². The lowest BCUT2D eigenvalue weighted by molar-refractivity contribution is 0.0774. The van der Waals surface area contributed by atoms with Crippen LogP contribution in [0.4, 0.5) is 0 Å². The van der Waals surface area contributed by atoms with Crippen molar-refractivity contribution in [2.24, 2.45) is 7.05 Å². The van der Waals surface area contributed by atoms with Crippen molar-refractivity contribution in [3.8, 4) is 17.0 Å². The molecule has 0 aliphatic rings. The van der Waals surface area contributed by atoms with Crippen molar-refractivity contribution in [3.63, 3.8) is 0 Å². The van der Waals surface area contributed by atoms with Gasteiger partial charge in [-0.3, -0.25) is 9.20 Å². The molecule has 0 aliphatic carbocycles. The zero-order valence-electron chi connectivity index (χ0n) is 15.3. The molecule has 0 saturated carbocycles. The molecule has 7 nitrogen and oxygen atoms in total. The van der Waals surface area contributed by atoms with Gasteiger partial charge in [-0.2, -0.15) is 0 Å². The molecular formula is C19H19N5O2S. The van der Waals surface area contributed by atoms with E-state index in [9.17, 15) is 4.79 Å². The van der Waals surface area contributed by atoms with Gasteiger partial charge in [0.1, 0.15) is 17.3 Å². The minimum absolute atomic E-state index is 0.0757. The number of hydrogen-bond donors (Lipinski definition) is 0. The highest BCUT2D eigenvalue weighted by molar-refractivity contribution is 7.15. The van der Waals surface area contributed by atoms with E-state index in [1.165, 1.54) is 11.3 Å². The van der Waals surface area contributed by atoms with E-state index in [0.717, 1.165) is 27.8 Å². The maximum Gasteiger partial charge on any atom is 0.271 e. The number of thiazole rings is 1. The van der Waals surface area contributed by atoms with Crippen LogP contribution in [-0.2, 0) is 13.6 Å². The SMILES string of the molecule is COc1ccccc1-c1cn2c(C(=O)N(C)Cc3nccn3C)csc2n1. The number of imidazole rings is 2. The first kappa shape index (κ1) is 17.3. The van der Waals surface area contributed by atoms with Gasteiger partial charge >= 0.3 is 0 Å². The van der Waals surface area contributed by atoms with Gasteiger partial charge in [-0.1, -0.05) is 12.1 Å². The van der Waals surface area contributed by atoms with Crippen molar-refractivity contribution < 1.29 is 9.53 Å². The zero-order chi connectivity index (χ0) is 19.0. The number of rotatable bonds is 5. The van der Waals surface area contributed by atoms with Crippen molar-refractivity contribution in [1.82, 2.24) is 23.8 Å². The molecule has 1 amide bonds. The number of methoxy groups -OCH3 is 1. The molecule has 0 saturated heterocycles. The van der Waals surface area contributed by atoms with E-state index in [-0.39, 0.29) is 5.91 Å². The number of para-hydroxylation sites is 1. The van der Waals surface area contributed by atoms with E-state index in [2.05, 4.69) is 9.97 Å². The average molecular weight is 381 g/mol. The standard InChI is InChI=1S/C19H19N5O2S/c1-22-9-8-20-17(22)11-23(2)18(25)15-12-27-19-21-14(10-24(15)19)13-6-4-5-7-16(13)26-3/h4-10,12H,11H2,1-3H3. The molecule has 0 spiro atoms. The Balaban J connectivity index is 1.66.